The minimum absolute atomic E-state index is 0.0662. The first-order valence-corrected chi connectivity index (χ1v) is 9.89. The minimum atomic E-state index is -4.16. The number of benzene rings is 2. The van der Waals surface area contributed by atoms with E-state index in [-0.39, 0.29) is 11.4 Å². The number of halogens is 1. The standard InChI is InChI=1S/C17H15FN2O4S2/c1-2-24-14-5-3-4-10-8-15(17(21)25-16(10)14)26(22,23)20-11-6-7-12(18)13(19)9-11/h3-9,20H,2,19H2,1H3. The van der Waals surface area contributed by atoms with Gasteiger partial charge in [0, 0.05) is 0 Å². The Morgan fingerprint density at radius 2 is 2.00 bits per heavy atom. The normalized spacial score (nSPS) is 11.5. The highest BCUT2D eigenvalue weighted by molar-refractivity contribution is 7.92. The molecule has 0 aliphatic rings. The molecule has 0 fully saturated rings. The number of sulfonamides is 1. The Hall–Kier alpha value is -2.65. The maximum absolute atomic E-state index is 13.2. The van der Waals surface area contributed by atoms with Crippen molar-refractivity contribution in [1.82, 2.24) is 0 Å². The van der Waals surface area contributed by atoms with Crippen LogP contribution in [-0.4, -0.2) is 15.0 Å². The van der Waals surface area contributed by atoms with Crippen LogP contribution in [-0.2, 0) is 10.0 Å². The zero-order valence-electron chi connectivity index (χ0n) is 13.7. The van der Waals surface area contributed by atoms with Gasteiger partial charge in [-0.15, -0.1) is 0 Å². The third-order valence-corrected chi connectivity index (χ3v) is 6.09. The summed E-state index contributed by atoms with van der Waals surface area (Å²) in [6.07, 6.45) is 0. The quantitative estimate of drug-likeness (QED) is 0.648. The van der Waals surface area contributed by atoms with Gasteiger partial charge in [-0.05, 0) is 42.6 Å². The molecule has 3 rings (SSSR count). The van der Waals surface area contributed by atoms with Crippen LogP contribution < -0.4 is 19.9 Å². The number of nitrogens with one attached hydrogen (secondary N) is 1. The Morgan fingerprint density at radius 1 is 1.23 bits per heavy atom. The van der Waals surface area contributed by atoms with Crippen molar-refractivity contribution in [1.29, 1.82) is 0 Å². The third-order valence-electron chi connectivity index (χ3n) is 3.53. The summed E-state index contributed by atoms with van der Waals surface area (Å²) in [6, 6.07) is 9.85. The summed E-state index contributed by atoms with van der Waals surface area (Å²) in [4.78, 5) is 12.0. The number of anilines is 2. The van der Waals surface area contributed by atoms with E-state index in [1.165, 1.54) is 12.1 Å². The molecule has 0 aliphatic carbocycles. The molecular weight excluding hydrogens is 379 g/mol. The van der Waals surface area contributed by atoms with Gasteiger partial charge in [0.25, 0.3) is 14.8 Å². The van der Waals surface area contributed by atoms with Crippen molar-refractivity contribution >= 4 is 42.8 Å². The molecule has 0 aliphatic heterocycles. The predicted octanol–water partition coefficient (Wildman–Crippen LogP) is 3.18. The van der Waals surface area contributed by atoms with E-state index in [0.29, 0.717) is 22.4 Å². The highest BCUT2D eigenvalue weighted by Gasteiger charge is 2.21. The number of nitrogen functional groups attached to an aromatic ring is 1. The van der Waals surface area contributed by atoms with E-state index in [9.17, 15) is 17.6 Å². The maximum atomic E-state index is 13.2. The molecule has 0 saturated carbocycles. The second kappa shape index (κ2) is 6.93. The van der Waals surface area contributed by atoms with Crippen molar-refractivity contribution in [3.05, 3.63) is 57.8 Å². The summed E-state index contributed by atoms with van der Waals surface area (Å²) in [7, 11) is -4.16. The molecule has 1 heterocycles. The highest BCUT2D eigenvalue weighted by atomic mass is 32.2. The van der Waals surface area contributed by atoms with Gasteiger partial charge in [-0.2, -0.15) is 0 Å². The fourth-order valence-electron chi connectivity index (χ4n) is 2.37. The lowest BCUT2D eigenvalue weighted by Gasteiger charge is -2.10. The molecule has 0 spiro atoms. The van der Waals surface area contributed by atoms with Crippen LogP contribution in [0, 0.1) is 5.82 Å². The predicted molar refractivity (Wildman–Crippen MR) is 101 cm³/mol. The smallest absolute Gasteiger partial charge is 0.266 e. The van der Waals surface area contributed by atoms with Gasteiger partial charge < -0.3 is 10.5 Å². The first kappa shape index (κ1) is 18.2. The average molecular weight is 394 g/mol. The van der Waals surface area contributed by atoms with Gasteiger partial charge in [-0.1, -0.05) is 23.5 Å². The Kier molecular flexibility index (Phi) is 4.84. The summed E-state index contributed by atoms with van der Waals surface area (Å²) >= 11 is 0.794. The Morgan fingerprint density at radius 3 is 2.69 bits per heavy atom. The van der Waals surface area contributed by atoms with Gasteiger partial charge in [-0.3, -0.25) is 9.52 Å². The van der Waals surface area contributed by atoms with Gasteiger partial charge >= 0.3 is 0 Å². The summed E-state index contributed by atoms with van der Waals surface area (Å²) in [5.74, 6) is -0.135. The van der Waals surface area contributed by atoms with Crippen molar-refractivity contribution in [2.45, 2.75) is 11.8 Å². The number of rotatable bonds is 5. The number of fused-ring (bicyclic) bond motifs is 1. The molecule has 136 valence electrons. The highest BCUT2D eigenvalue weighted by Crippen LogP contribution is 2.29. The molecule has 0 atom stereocenters. The molecule has 1 aromatic heterocycles. The van der Waals surface area contributed by atoms with Crippen LogP contribution in [0.2, 0.25) is 0 Å². The van der Waals surface area contributed by atoms with Crippen molar-refractivity contribution < 1.29 is 17.5 Å². The zero-order valence-corrected chi connectivity index (χ0v) is 15.3. The van der Waals surface area contributed by atoms with E-state index in [1.807, 2.05) is 6.92 Å². The monoisotopic (exact) mass is 394 g/mol. The fourth-order valence-corrected chi connectivity index (χ4v) is 4.69. The minimum Gasteiger partial charge on any atom is -0.492 e. The van der Waals surface area contributed by atoms with E-state index in [4.69, 9.17) is 10.5 Å². The first-order valence-electron chi connectivity index (χ1n) is 7.59. The number of ether oxygens (including phenoxy) is 1. The maximum Gasteiger partial charge on any atom is 0.266 e. The molecule has 6 nitrogen and oxygen atoms in total. The zero-order chi connectivity index (χ0) is 18.9. The fraction of sp³-hybridized carbons (Fsp3) is 0.118. The Labute approximate surface area is 153 Å². The summed E-state index contributed by atoms with van der Waals surface area (Å²) in [6.45, 7) is 2.24. The second-order valence-corrected chi connectivity index (χ2v) is 7.98. The molecule has 0 amide bonds. The van der Waals surface area contributed by atoms with Crippen molar-refractivity contribution in [3.63, 3.8) is 0 Å². The molecule has 9 heteroatoms. The summed E-state index contributed by atoms with van der Waals surface area (Å²) < 4.78 is 46.1. The Balaban J connectivity index is 2.07. The van der Waals surface area contributed by atoms with E-state index >= 15 is 0 Å². The molecule has 0 saturated heterocycles. The first-order chi connectivity index (χ1) is 12.3. The number of hydrogen-bond acceptors (Lipinski definition) is 6. The molecule has 0 unspecified atom stereocenters. The lowest BCUT2D eigenvalue weighted by atomic mass is 10.2. The van der Waals surface area contributed by atoms with Gasteiger partial charge in [0.05, 0.1) is 22.7 Å². The summed E-state index contributed by atoms with van der Waals surface area (Å²) in [5.41, 5.74) is 5.31. The van der Waals surface area contributed by atoms with Crippen LogP contribution in [0.4, 0.5) is 15.8 Å². The second-order valence-electron chi connectivity index (χ2n) is 5.35. The van der Waals surface area contributed by atoms with Crippen LogP contribution in [0.15, 0.2) is 52.2 Å². The van der Waals surface area contributed by atoms with Crippen LogP contribution in [0.5, 0.6) is 5.75 Å². The van der Waals surface area contributed by atoms with E-state index < -0.39 is 25.5 Å². The molecule has 3 aromatic rings. The van der Waals surface area contributed by atoms with Crippen LogP contribution in [0.3, 0.4) is 0 Å². The SMILES string of the molecule is CCOc1cccc2cc(S(=O)(=O)Nc3ccc(F)c(N)c3)c(=O)sc12. The molecule has 26 heavy (non-hydrogen) atoms. The molecular formula is C17H15FN2O4S2. The van der Waals surface area contributed by atoms with Crippen LogP contribution in [0.1, 0.15) is 6.92 Å². The van der Waals surface area contributed by atoms with Crippen molar-refractivity contribution in [2.24, 2.45) is 0 Å². The van der Waals surface area contributed by atoms with Gasteiger partial charge in [0.2, 0.25) is 0 Å². The molecule has 0 radical (unpaired) electrons. The van der Waals surface area contributed by atoms with Crippen LogP contribution in [0.25, 0.3) is 10.1 Å². The number of nitrogens with two attached hydrogens (primary N) is 1. The summed E-state index contributed by atoms with van der Waals surface area (Å²) in [5, 5.41) is 0.569. The molecule has 0 bridgehead atoms. The van der Waals surface area contributed by atoms with Crippen LogP contribution >= 0.6 is 11.3 Å². The Bertz CT molecular complexity index is 1140. The van der Waals surface area contributed by atoms with Gasteiger partial charge in [-0.25, -0.2) is 12.8 Å². The van der Waals surface area contributed by atoms with Crippen molar-refractivity contribution in [3.8, 4) is 5.75 Å². The van der Waals surface area contributed by atoms with Gasteiger partial charge in [0.15, 0.2) is 0 Å². The largest absolute Gasteiger partial charge is 0.492 e. The van der Waals surface area contributed by atoms with Gasteiger partial charge in [0.1, 0.15) is 16.5 Å². The molecule has 3 N–H and O–H groups in total. The third kappa shape index (κ3) is 3.49. The van der Waals surface area contributed by atoms with E-state index in [0.717, 1.165) is 23.5 Å². The topological polar surface area (TPSA) is 98.5 Å². The average Bonchev–Trinajstić information content (AvgIpc) is 2.58. The lowest BCUT2D eigenvalue weighted by molar-refractivity contribution is 0.345. The molecule has 2 aromatic carbocycles. The van der Waals surface area contributed by atoms with E-state index in [1.54, 1.807) is 18.2 Å². The van der Waals surface area contributed by atoms with Crippen molar-refractivity contribution in [2.75, 3.05) is 17.1 Å². The van der Waals surface area contributed by atoms with E-state index in [2.05, 4.69) is 4.72 Å². The lowest BCUT2D eigenvalue weighted by Crippen LogP contribution is -2.19. The number of hydrogen-bond donors (Lipinski definition) is 2.